The molecular weight excluding hydrogens is 282 g/mol. The maximum Gasteiger partial charge on any atom is 0.150 e. The van der Waals surface area contributed by atoms with Gasteiger partial charge >= 0.3 is 0 Å². The minimum atomic E-state index is 0.657. The lowest BCUT2D eigenvalue weighted by Crippen LogP contribution is -2.09. The highest BCUT2D eigenvalue weighted by Gasteiger charge is 2.11. The van der Waals surface area contributed by atoms with Crippen LogP contribution in [0.4, 0.5) is 17.1 Å². The number of nitrogens with zero attached hydrogens (tertiary/aromatic N) is 1. The van der Waals surface area contributed by atoms with Gasteiger partial charge in [-0.15, -0.1) is 6.42 Å². The Bertz CT molecular complexity index is 828. The molecule has 0 fully saturated rings. The number of para-hydroxylation sites is 1. The molecule has 0 bridgehead atoms. The van der Waals surface area contributed by atoms with Crippen LogP contribution in [0.2, 0.25) is 0 Å². The molecule has 0 spiro atoms. The van der Waals surface area contributed by atoms with Crippen LogP contribution in [0, 0.1) is 12.3 Å². The SMILES string of the molecule is C#Cc1ccc(N(c2ccccc2)c2ccc(C=O)cc2)cc1. The number of carbonyl (C=O) groups excluding carboxylic acids is 1. The maximum atomic E-state index is 10.9. The molecule has 0 aliphatic rings. The van der Waals surface area contributed by atoms with Gasteiger partial charge in [0, 0.05) is 28.2 Å². The van der Waals surface area contributed by atoms with E-state index in [1.54, 1.807) is 0 Å². The van der Waals surface area contributed by atoms with Crippen LogP contribution in [0.5, 0.6) is 0 Å². The van der Waals surface area contributed by atoms with Gasteiger partial charge < -0.3 is 4.90 Å². The second-order valence-electron chi connectivity index (χ2n) is 5.07. The van der Waals surface area contributed by atoms with Gasteiger partial charge in [-0.1, -0.05) is 24.1 Å². The summed E-state index contributed by atoms with van der Waals surface area (Å²) in [5, 5.41) is 0. The Morgan fingerprint density at radius 2 is 1.26 bits per heavy atom. The molecular formula is C21H15NO. The van der Waals surface area contributed by atoms with Crippen LogP contribution in [-0.2, 0) is 0 Å². The van der Waals surface area contributed by atoms with E-state index >= 15 is 0 Å². The minimum Gasteiger partial charge on any atom is -0.311 e. The van der Waals surface area contributed by atoms with Crippen molar-refractivity contribution in [3.63, 3.8) is 0 Å². The molecule has 0 saturated carbocycles. The number of hydrogen-bond donors (Lipinski definition) is 0. The predicted molar refractivity (Wildman–Crippen MR) is 94.4 cm³/mol. The van der Waals surface area contributed by atoms with Gasteiger partial charge in [0.05, 0.1) is 0 Å². The molecule has 0 aliphatic heterocycles. The third kappa shape index (κ3) is 3.14. The van der Waals surface area contributed by atoms with E-state index in [9.17, 15) is 4.79 Å². The highest BCUT2D eigenvalue weighted by atomic mass is 16.1. The largest absolute Gasteiger partial charge is 0.311 e. The molecule has 3 aromatic carbocycles. The summed E-state index contributed by atoms with van der Waals surface area (Å²) in [6.07, 6.45) is 6.28. The lowest BCUT2D eigenvalue weighted by molar-refractivity contribution is 0.112. The molecule has 2 nitrogen and oxygen atoms in total. The molecule has 3 aromatic rings. The third-order valence-corrected chi connectivity index (χ3v) is 3.59. The van der Waals surface area contributed by atoms with Crippen LogP contribution in [-0.4, -0.2) is 6.29 Å². The quantitative estimate of drug-likeness (QED) is 0.501. The number of benzene rings is 3. The van der Waals surface area contributed by atoms with E-state index in [0.29, 0.717) is 5.56 Å². The zero-order valence-electron chi connectivity index (χ0n) is 12.5. The number of carbonyl (C=O) groups is 1. The van der Waals surface area contributed by atoms with E-state index < -0.39 is 0 Å². The van der Waals surface area contributed by atoms with E-state index in [2.05, 4.69) is 10.8 Å². The predicted octanol–water partition coefficient (Wildman–Crippen LogP) is 4.95. The normalized spacial score (nSPS) is 9.87. The van der Waals surface area contributed by atoms with Gasteiger partial charge in [0.1, 0.15) is 6.29 Å². The average molecular weight is 297 g/mol. The Morgan fingerprint density at radius 3 is 1.78 bits per heavy atom. The maximum absolute atomic E-state index is 10.9. The van der Waals surface area contributed by atoms with Crippen LogP contribution in [0.1, 0.15) is 15.9 Å². The first-order valence-corrected chi connectivity index (χ1v) is 7.29. The van der Waals surface area contributed by atoms with Crippen LogP contribution >= 0.6 is 0 Å². The lowest BCUT2D eigenvalue weighted by atomic mass is 10.1. The van der Waals surface area contributed by atoms with Crippen molar-refractivity contribution in [3.05, 3.63) is 90.0 Å². The molecule has 0 atom stereocenters. The first-order chi connectivity index (χ1) is 11.3. The molecule has 0 aliphatic carbocycles. The number of terminal acetylenes is 1. The topological polar surface area (TPSA) is 20.3 Å². The van der Waals surface area contributed by atoms with Crippen LogP contribution in [0.15, 0.2) is 78.9 Å². The summed E-state index contributed by atoms with van der Waals surface area (Å²) < 4.78 is 0. The second-order valence-corrected chi connectivity index (χ2v) is 5.07. The zero-order chi connectivity index (χ0) is 16.1. The Balaban J connectivity index is 2.09. The second kappa shape index (κ2) is 6.64. The molecule has 0 radical (unpaired) electrons. The molecule has 0 saturated heterocycles. The van der Waals surface area contributed by atoms with Crippen molar-refractivity contribution in [1.82, 2.24) is 0 Å². The van der Waals surface area contributed by atoms with E-state index in [1.165, 1.54) is 0 Å². The lowest BCUT2D eigenvalue weighted by Gasteiger charge is -2.25. The van der Waals surface area contributed by atoms with Gasteiger partial charge in [0.25, 0.3) is 0 Å². The van der Waals surface area contributed by atoms with Crippen molar-refractivity contribution in [2.45, 2.75) is 0 Å². The van der Waals surface area contributed by atoms with Gasteiger partial charge in [-0.25, -0.2) is 0 Å². The van der Waals surface area contributed by atoms with Crippen molar-refractivity contribution in [3.8, 4) is 12.3 Å². The highest BCUT2D eigenvalue weighted by Crippen LogP contribution is 2.34. The Labute approximate surface area is 136 Å². The summed E-state index contributed by atoms with van der Waals surface area (Å²) in [7, 11) is 0. The van der Waals surface area contributed by atoms with Gasteiger partial charge in [-0.2, -0.15) is 0 Å². The number of rotatable bonds is 4. The molecule has 2 heteroatoms. The van der Waals surface area contributed by atoms with Crippen molar-refractivity contribution >= 4 is 23.3 Å². The Morgan fingerprint density at radius 1 is 0.739 bits per heavy atom. The summed E-state index contributed by atoms with van der Waals surface area (Å²) >= 11 is 0. The summed E-state index contributed by atoms with van der Waals surface area (Å²) in [5.74, 6) is 2.63. The van der Waals surface area contributed by atoms with Crippen molar-refractivity contribution < 1.29 is 4.79 Å². The summed E-state index contributed by atoms with van der Waals surface area (Å²) in [6.45, 7) is 0. The molecule has 0 aromatic heterocycles. The van der Waals surface area contributed by atoms with Crippen molar-refractivity contribution in [2.75, 3.05) is 4.90 Å². The minimum absolute atomic E-state index is 0.657. The molecule has 3 rings (SSSR count). The Hall–Kier alpha value is -3.31. The van der Waals surface area contributed by atoms with Crippen LogP contribution in [0.3, 0.4) is 0 Å². The van der Waals surface area contributed by atoms with Crippen molar-refractivity contribution in [1.29, 1.82) is 0 Å². The summed E-state index contributed by atoms with van der Waals surface area (Å²) in [4.78, 5) is 13.0. The van der Waals surface area contributed by atoms with Gasteiger partial charge in [-0.05, 0) is 60.7 Å². The van der Waals surface area contributed by atoms with E-state index in [0.717, 1.165) is 28.9 Å². The molecule has 0 N–H and O–H groups in total. The molecule has 110 valence electrons. The number of hydrogen-bond acceptors (Lipinski definition) is 2. The smallest absolute Gasteiger partial charge is 0.150 e. The summed E-state index contributed by atoms with van der Waals surface area (Å²) in [6, 6.07) is 25.4. The van der Waals surface area contributed by atoms with E-state index in [-0.39, 0.29) is 0 Å². The molecule has 0 unspecified atom stereocenters. The average Bonchev–Trinajstić information content (AvgIpc) is 2.64. The molecule has 23 heavy (non-hydrogen) atoms. The molecule has 0 amide bonds. The van der Waals surface area contributed by atoms with Crippen LogP contribution < -0.4 is 4.90 Å². The van der Waals surface area contributed by atoms with E-state index in [4.69, 9.17) is 6.42 Å². The van der Waals surface area contributed by atoms with Crippen LogP contribution in [0.25, 0.3) is 0 Å². The molecule has 0 heterocycles. The third-order valence-electron chi connectivity index (χ3n) is 3.59. The fourth-order valence-electron chi connectivity index (χ4n) is 2.43. The van der Waals surface area contributed by atoms with Gasteiger partial charge in [0.15, 0.2) is 0 Å². The first kappa shape index (κ1) is 14.6. The standard InChI is InChI=1S/C21H15NO/c1-2-17-8-12-20(13-9-17)22(19-6-4-3-5-7-19)21-14-10-18(16-23)11-15-21/h1,3-16H. The van der Waals surface area contributed by atoms with E-state index in [1.807, 2.05) is 78.9 Å². The summed E-state index contributed by atoms with van der Waals surface area (Å²) in [5.41, 5.74) is 4.53. The fourth-order valence-corrected chi connectivity index (χ4v) is 2.43. The van der Waals surface area contributed by atoms with Gasteiger partial charge in [-0.3, -0.25) is 4.79 Å². The number of aldehydes is 1. The highest BCUT2D eigenvalue weighted by molar-refractivity contribution is 5.80. The fraction of sp³-hybridized carbons (Fsp3) is 0. The van der Waals surface area contributed by atoms with Crippen molar-refractivity contribution in [2.24, 2.45) is 0 Å². The van der Waals surface area contributed by atoms with Gasteiger partial charge in [0.2, 0.25) is 0 Å². The monoisotopic (exact) mass is 297 g/mol. The Kier molecular flexibility index (Phi) is 4.22. The zero-order valence-corrected chi connectivity index (χ0v) is 12.5. The number of anilines is 3. The first-order valence-electron chi connectivity index (χ1n) is 7.29.